The molecule has 0 rings (SSSR count). The molecule has 0 aliphatic carbocycles. The molecule has 39 valence electrons. The van der Waals surface area contributed by atoms with E-state index in [9.17, 15) is 0 Å². The molecule has 0 aliphatic rings. The van der Waals surface area contributed by atoms with Crippen molar-refractivity contribution < 1.29 is 38.7 Å². The molecule has 0 unspecified atom stereocenters. The van der Waals surface area contributed by atoms with Gasteiger partial charge in [0, 0.05) is 0 Å². The smallest absolute Gasteiger partial charge is 0.870 e. The third-order valence-electron chi connectivity index (χ3n) is 0. The summed E-state index contributed by atoms with van der Waals surface area (Å²) in [5.74, 6) is 0. The van der Waals surface area contributed by atoms with Gasteiger partial charge in [-0.25, -0.2) is 0 Å². The summed E-state index contributed by atoms with van der Waals surface area (Å²) in [6, 6.07) is 0. The Kier molecular flexibility index (Phi) is 4620. The quantitative estimate of drug-likeness (QED) is 0.408. The maximum Gasteiger partial charge on any atom is 2.00 e. The topological polar surface area (TPSA) is 120 Å². The minimum absolute atomic E-state index is 0. The van der Waals surface area contributed by atoms with Gasteiger partial charge in [-0.2, -0.15) is 0 Å². The summed E-state index contributed by atoms with van der Waals surface area (Å²) < 4.78 is 0. The van der Waals surface area contributed by atoms with E-state index < -0.39 is 0 Å². The molecule has 0 aromatic rings. The van der Waals surface area contributed by atoms with Crippen molar-refractivity contribution >= 4 is 23.1 Å². The number of rotatable bonds is 0. The average molecular weight is 151 g/mol. The second-order valence-electron chi connectivity index (χ2n) is 0. The zero-order chi connectivity index (χ0) is 0. The Hall–Kier alpha value is 1.11. The first-order chi connectivity index (χ1) is 0. The zero-order valence-electron chi connectivity index (χ0n) is 2.83. The van der Waals surface area contributed by atoms with Gasteiger partial charge in [0.05, 0.1) is 0 Å². The Morgan fingerprint density at radius 2 is 0.500 bits per heavy atom. The van der Waals surface area contributed by atoms with Crippen molar-refractivity contribution in [3.8, 4) is 0 Å². The second kappa shape index (κ2) is 129. The standard InChI is InChI=1S/Co.Mg.4H2O/h;;4*1H2/q2*+2;;;;/p-4. The molecule has 4 nitrogen and oxygen atoms in total. The summed E-state index contributed by atoms with van der Waals surface area (Å²) >= 11 is 0. The van der Waals surface area contributed by atoms with E-state index >= 15 is 0 Å². The molecule has 0 spiro atoms. The van der Waals surface area contributed by atoms with E-state index in [4.69, 9.17) is 0 Å². The normalized spacial score (nSPS) is 0. The Morgan fingerprint density at radius 1 is 0.500 bits per heavy atom. The summed E-state index contributed by atoms with van der Waals surface area (Å²) in [5, 5.41) is 0. The number of hydrogen-bond donors (Lipinski definition) is 0. The molecule has 4 N–H and O–H groups in total. The van der Waals surface area contributed by atoms with Gasteiger partial charge < -0.3 is 21.9 Å². The van der Waals surface area contributed by atoms with Crippen molar-refractivity contribution in [1.82, 2.24) is 0 Å². The molecule has 0 amide bonds. The molecule has 1 radical (unpaired) electrons. The van der Waals surface area contributed by atoms with E-state index in [1.807, 2.05) is 0 Å². The minimum atomic E-state index is 0. The first-order valence-electron chi connectivity index (χ1n) is 0. The molecule has 0 aromatic carbocycles. The van der Waals surface area contributed by atoms with Gasteiger partial charge in [0.1, 0.15) is 0 Å². The molecule has 0 aliphatic heterocycles. The van der Waals surface area contributed by atoms with Gasteiger partial charge in [-0.3, -0.25) is 0 Å². The van der Waals surface area contributed by atoms with Crippen LogP contribution in [0.2, 0.25) is 0 Å². The van der Waals surface area contributed by atoms with Crippen LogP contribution < -0.4 is 0 Å². The van der Waals surface area contributed by atoms with E-state index in [0.29, 0.717) is 0 Å². The van der Waals surface area contributed by atoms with Crippen LogP contribution in [0.1, 0.15) is 0 Å². The maximum atomic E-state index is 0. The Labute approximate surface area is 61.9 Å². The Bertz CT molecular complexity index is 7.51. The van der Waals surface area contributed by atoms with Crippen LogP contribution in [-0.2, 0) is 16.8 Å². The van der Waals surface area contributed by atoms with E-state index in [1.165, 1.54) is 0 Å². The van der Waals surface area contributed by atoms with Crippen molar-refractivity contribution in [1.29, 1.82) is 0 Å². The van der Waals surface area contributed by atoms with E-state index in [1.54, 1.807) is 0 Å². The van der Waals surface area contributed by atoms with Crippen molar-refractivity contribution in [2.75, 3.05) is 0 Å². The summed E-state index contributed by atoms with van der Waals surface area (Å²) in [4.78, 5) is 0. The van der Waals surface area contributed by atoms with Crippen molar-refractivity contribution in [2.24, 2.45) is 0 Å². The fraction of sp³-hybridized carbons (Fsp3) is 0. The summed E-state index contributed by atoms with van der Waals surface area (Å²) in [7, 11) is 0. The predicted octanol–water partition coefficient (Wildman–Crippen LogP) is -1.09. The maximum absolute atomic E-state index is 0. The fourth-order valence-corrected chi connectivity index (χ4v) is 0. The van der Waals surface area contributed by atoms with Crippen LogP contribution in [0.15, 0.2) is 0 Å². The average Bonchev–Trinajstić information content (AvgIpc) is 0. The fourth-order valence-electron chi connectivity index (χ4n) is 0. The molecule has 0 fully saturated rings. The van der Waals surface area contributed by atoms with E-state index in [-0.39, 0.29) is 61.7 Å². The van der Waals surface area contributed by atoms with Crippen LogP contribution in [0, 0.1) is 0 Å². The predicted molar refractivity (Wildman–Crippen MR) is 13.5 cm³/mol. The molecule has 6 heavy (non-hydrogen) atoms. The Balaban J connectivity index is 0. The molecule has 0 aromatic heterocycles. The van der Waals surface area contributed by atoms with Gasteiger partial charge in [-0.05, 0) is 0 Å². The van der Waals surface area contributed by atoms with Gasteiger partial charge in [-0.15, -0.1) is 0 Å². The first-order valence-corrected chi connectivity index (χ1v) is 0. The van der Waals surface area contributed by atoms with Crippen LogP contribution in [0.3, 0.4) is 0 Å². The van der Waals surface area contributed by atoms with Crippen molar-refractivity contribution in [3.63, 3.8) is 0 Å². The van der Waals surface area contributed by atoms with Crippen LogP contribution in [-0.4, -0.2) is 45.0 Å². The van der Waals surface area contributed by atoms with Crippen LogP contribution in [0.25, 0.3) is 0 Å². The molecular formula is H4CoMgO4. The van der Waals surface area contributed by atoms with Crippen LogP contribution in [0.5, 0.6) is 0 Å². The SMILES string of the molecule is [Co+2].[Mg+2].[OH-].[OH-].[OH-].[OH-]. The molecule has 0 heterocycles. The zero-order valence-corrected chi connectivity index (χ0v) is 5.28. The first kappa shape index (κ1) is 215. The monoisotopic (exact) mass is 151 g/mol. The molecule has 0 saturated carbocycles. The van der Waals surface area contributed by atoms with Gasteiger partial charge >= 0.3 is 39.8 Å². The minimum Gasteiger partial charge on any atom is -0.870 e. The molecule has 6 heteroatoms. The van der Waals surface area contributed by atoms with Gasteiger partial charge in [0.2, 0.25) is 0 Å². The van der Waals surface area contributed by atoms with Gasteiger partial charge in [-0.1, -0.05) is 0 Å². The van der Waals surface area contributed by atoms with E-state index in [2.05, 4.69) is 0 Å². The third kappa shape index (κ3) is 69.8. The largest absolute Gasteiger partial charge is 2.00 e. The molecule has 0 atom stereocenters. The number of hydrogen-bond acceptors (Lipinski definition) is 4. The molecule has 0 bridgehead atoms. The van der Waals surface area contributed by atoms with Gasteiger partial charge in [0.25, 0.3) is 0 Å². The molecular weight excluding hydrogens is 147 g/mol. The summed E-state index contributed by atoms with van der Waals surface area (Å²) in [6.45, 7) is 0. The van der Waals surface area contributed by atoms with E-state index in [0.717, 1.165) is 0 Å². The summed E-state index contributed by atoms with van der Waals surface area (Å²) in [5.41, 5.74) is 0. The Morgan fingerprint density at radius 3 is 0.500 bits per heavy atom. The van der Waals surface area contributed by atoms with Crippen LogP contribution >= 0.6 is 0 Å². The van der Waals surface area contributed by atoms with Crippen LogP contribution in [0.4, 0.5) is 0 Å². The molecule has 0 saturated heterocycles. The van der Waals surface area contributed by atoms with Crippen molar-refractivity contribution in [2.45, 2.75) is 0 Å². The third-order valence-corrected chi connectivity index (χ3v) is 0. The summed E-state index contributed by atoms with van der Waals surface area (Å²) in [6.07, 6.45) is 0. The second-order valence-corrected chi connectivity index (χ2v) is 0. The van der Waals surface area contributed by atoms with Crippen molar-refractivity contribution in [3.05, 3.63) is 0 Å². The van der Waals surface area contributed by atoms with Gasteiger partial charge in [0.15, 0.2) is 0 Å².